The molecule has 1 aromatic rings. The SMILES string of the molecule is Cc1ccccc1S(=O)(=O)N(C)C(C)CBr. The molecule has 0 bridgehead atoms. The van der Waals surface area contributed by atoms with E-state index in [0.717, 1.165) is 5.56 Å². The van der Waals surface area contributed by atoms with E-state index in [1.165, 1.54) is 4.31 Å². The molecule has 1 unspecified atom stereocenters. The Bertz CT molecular complexity index is 459. The number of halogens is 1. The molecular formula is C11H16BrNO2S. The summed E-state index contributed by atoms with van der Waals surface area (Å²) in [5.74, 6) is 0. The molecule has 0 radical (unpaired) electrons. The first kappa shape index (κ1) is 13.7. The molecule has 1 aromatic carbocycles. The zero-order chi connectivity index (χ0) is 12.3. The van der Waals surface area contributed by atoms with E-state index >= 15 is 0 Å². The minimum absolute atomic E-state index is 0.0652. The van der Waals surface area contributed by atoms with Crippen molar-refractivity contribution >= 4 is 26.0 Å². The third kappa shape index (κ3) is 2.64. The predicted molar refractivity (Wildman–Crippen MR) is 69.4 cm³/mol. The summed E-state index contributed by atoms with van der Waals surface area (Å²) in [7, 11) is -1.77. The number of hydrogen-bond acceptors (Lipinski definition) is 2. The molecule has 90 valence electrons. The van der Waals surface area contributed by atoms with Crippen LogP contribution in [0.3, 0.4) is 0 Å². The first-order chi connectivity index (χ1) is 7.41. The smallest absolute Gasteiger partial charge is 0.207 e. The second kappa shape index (κ2) is 5.29. The lowest BCUT2D eigenvalue weighted by molar-refractivity contribution is 0.416. The van der Waals surface area contributed by atoms with Gasteiger partial charge in [-0.25, -0.2) is 8.42 Å². The van der Waals surface area contributed by atoms with Crippen molar-refractivity contribution in [1.29, 1.82) is 0 Å². The first-order valence-corrected chi connectivity index (χ1v) is 7.57. The van der Waals surface area contributed by atoms with Gasteiger partial charge in [-0.2, -0.15) is 4.31 Å². The van der Waals surface area contributed by atoms with Crippen LogP contribution < -0.4 is 0 Å². The zero-order valence-corrected chi connectivity index (χ0v) is 12.0. The average molecular weight is 306 g/mol. The maximum Gasteiger partial charge on any atom is 0.243 e. The molecule has 5 heteroatoms. The third-order valence-corrected chi connectivity index (χ3v) is 5.66. The summed E-state index contributed by atoms with van der Waals surface area (Å²) in [5.41, 5.74) is 0.774. The Morgan fingerprint density at radius 3 is 2.44 bits per heavy atom. The van der Waals surface area contributed by atoms with Crippen molar-refractivity contribution in [2.75, 3.05) is 12.4 Å². The summed E-state index contributed by atoms with van der Waals surface area (Å²) in [5, 5.41) is 0.620. The second-order valence-electron chi connectivity index (χ2n) is 3.79. The molecule has 0 saturated carbocycles. The fraction of sp³-hybridized carbons (Fsp3) is 0.455. The van der Waals surface area contributed by atoms with Gasteiger partial charge in [-0.15, -0.1) is 0 Å². The summed E-state index contributed by atoms with van der Waals surface area (Å²) in [6, 6.07) is 6.96. The fourth-order valence-electron chi connectivity index (χ4n) is 1.34. The van der Waals surface area contributed by atoms with Crippen LogP contribution >= 0.6 is 15.9 Å². The van der Waals surface area contributed by atoms with E-state index in [-0.39, 0.29) is 6.04 Å². The molecule has 0 aromatic heterocycles. The molecule has 0 heterocycles. The fourth-order valence-corrected chi connectivity index (χ4v) is 3.55. The summed E-state index contributed by atoms with van der Waals surface area (Å²) < 4.78 is 25.9. The average Bonchev–Trinajstić information content (AvgIpc) is 2.27. The normalized spacial score (nSPS) is 14.1. The topological polar surface area (TPSA) is 37.4 Å². The van der Waals surface area contributed by atoms with Crippen molar-refractivity contribution in [3.05, 3.63) is 29.8 Å². The lowest BCUT2D eigenvalue weighted by atomic mass is 10.2. The van der Waals surface area contributed by atoms with Crippen LogP contribution in [0.1, 0.15) is 12.5 Å². The first-order valence-electron chi connectivity index (χ1n) is 5.01. The molecule has 1 rings (SSSR count). The van der Waals surface area contributed by atoms with Gasteiger partial charge in [0.1, 0.15) is 0 Å². The molecule has 0 aliphatic rings. The lowest BCUT2D eigenvalue weighted by Gasteiger charge is -2.23. The number of benzene rings is 1. The van der Waals surface area contributed by atoms with E-state index in [9.17, 15) is 8.42 Å². The van der Waals surface area contributed by atoms with Gasteiger partial charge in [-0.3, -0.25) is 0 Å². The molecule has 0 saturated heterocycles. The summed E-state index contributed by atoms with van der Waals surface area (Å²) in [6.07, 6.45) is 0. The lowest BCUT2D eigenvalue weighted by Crippen LogP contribution is -2.36. The van der Waals surface area contributed by atoms with Crippen molar-refractivity contribution in [1.82, 2.24) is 4.31 Å². The van der Waals surface area contributed by atoms with Crippen LogP contribution in [-0.4, -0.2) is 31.1 Å². The highest BCUT2D eigenvalue weighted by atomic mass is 79.9. The number of sulfonamides is 1. The van der Waals surface area contributed by atoms with Crippen LogP contribution in [0, 0.1) is 6.92 Å². The van der Waals surface area contributed by atoms with Gasteiger partial charge in [-0.1, -0.05) is 34.1 Å². The van der Waals surface area contributed by atoms with E-state index < -0.39 is 10.0 Å². The molecule has 0 aliphatic carbocycles. The van der Waals surface area contributed by atoms with Crippen LogP contribution in [0.15, 0.2) is 29.2 Å². The molecule has 3 nitrogen and oxygen atoms in total. The van der Waals surface area contributed by atoms with Gasteiger partial charge in [0.25, 0.3) is 0 Å². The highest BCUT2D eigenvalue weighted by molar-refractivity contribution is 9.09. The van der Waals surface area contributed by atoms with Crippen LogP contribution in [-0.2, 0) is 10.0 Å². The number of hydrogen-bond donors (Lipinski definition) is 0. The molecule has 0 N–H and O–H groups in total. The molecule has 16 heavy (non-hydrogen) atoms. The minimum Gasteiger partial charge on any atom is -0.207 e. The molecule has 0 spiro atoms. The van der Waals surface area contributed by atoms with Crippen molar-refractivity contribution in [2.24, 2.45) is 0 Å². The van der Waals surface area contributed by atoms with E-state index in [2.05, 4.69) is 15.9 Å². The maximum atomic E-state index is 12.3. The molecule has 0 fully saturated rings. The number of aryl methyl sites for hydroxylation is 1. The Hall–Kier alpha value is -0.390. The van der Waals surface area contributed by atoms with Crippen LogP contribution in [0.2, 0.25) is 0 Å². The van der Waals surface area contributed by atoms with E-state index in [4.69, 9.17) is 0 Å². The summed E-state index contributed by atoms with van der Waals surface area (Å²) in [6.45, 7) is 3.67. The van der Waals surface area contributed by atoms with Crippen molar-refractivity contribution < 1.29 is 8.42 Å². The van der Waals surface area contributed by atoms with Crippen LogP contribution in [0.25, 0.3) is 0 Å². The molecule has 0 amide bonds. The third-order valence-electron chi connectivity index (χ3n) is 2.59. The largest absolute Gasteiger partial charge is 0.243 e. The quantitative estimate of drug-likeness (QED) is 0.801. The van der Waals surface area contributed by atoms with Gasteiger partial charge in [0.15, 0.2) is 0 Å². The molecular weight excluding hydrogens is 290 g/mol. The number of nitrogens with zero attached hydrogens (tertiary/aromatic N) is 1. The predicted octanol–water partition coefficient (Wildman–Crippen LogP) is 2.40. The van der Waals surface area contributed by atoms with Gasteiger partial charge in [0.05, 0.1) is 4.90 Å². The monoisotopic (exact) mass is 305 g/mol. The van der Waals surface area contributed by atoms with Crippen LogP contribution in [0.4, 0.5) is 0 Å². The van der Waals surface area contributed by atoms with Crippen molar-refractivity contribution in [2.45, 2.75) is 24.8 Å². The van der Waals surface area contributed by atoms with Gasteiger partial charge < -0.3 is 0 Å². The molecule has 1 atom stereocenters. The van der Waals surface area contributed by atoms with E-state index in [1.54, 1.807) is 32.2 Å². The highest BCUT2D eigenvalue weighted by Gasteiger charge is 2.25. The Morgan fingerprint density at radius 2 is 1.94 bits per heavy atom. The number of rotatable bonds is 4. The van der Waals surface area contributed by atoms with Gasteiger partial charge >= 0.3 is 0 Å². The van der Waals surface area contributed by atoms with Crippen molar-refractivity contribution in [3.8, 4) is 0 Å². The summed E-state index contributed by atoms with van der Waals surface area (Å²) >= 11 is 3.29. The second-order valence-corrected chi connectivity index (χ2v) is 6.40. The maximum absolute atomic E-state index is 12.3. The Kier molecular flexibility index (Phi) is 4.52. The Balaban J connectivity index is 3.17. The Morgan fingerprint density at radius 1 is 1.38 bits per heavy atom. The van der Waals surface area contributed by atoms with Gasteiger partial charge in [-0.05, 0) is 25.5 Å². The molecule has 0 aliphatic heterocycles. The highest BCUT2D eigenvalue weighted by Crippen LogP contribution is 2.20. The number of alkyl halides is 1. The summed E-state index contributed by atoms with van der Waals surface area (Å²) in [4.78, 5) is 0.380. The van der Waals surface area contributed by atoms with E-state index in [1.807, 2.05) is 13.0 Å². The standard InChI is InChI=1S/C11H16BrNO2S/c1-9-6-4-5-7-11(9)16(14,15)13(3)10(2)8-12/h4-7,10H,8H2,1-3H3. The van der Waals surface area contributed by atoms with Crippen molar-refractivity contribution in [3.63, 3.8) is 0 Å². The van der Waals surface area contributed by atoms with E-state index in [0.29, 0.717) is 10.2 Å². The van der Waals surface area contributed by atoms with Gasteiger partial charge in [0, 0.05) is 18.4 Å². The Labute approximate surface area is 106 Å². The minimum atomic E-state index is -3.38. The zero-order valence-electron chi connectivity index (χ0n) is 9.64. The van der Waals surface area contributed by atoms with Crippen LogP contribution in [0.5, 0.6) is 0 Å². The van der Waals surface area contributed by atoms with Gasteiger partial charge in [0.2, 0.25) is 10.0 Å².